The Balaban J connectivity index is 2.22. The number of nitro benzene ring substituents is 1. The fraction of sp³-hybridized carbons (Fsp3) is 0.538. The minimum atomic E-state index is -0.324. The Morgan fingerprint density at radius 1 is 1.53 bits per heavy atom. The third-order valence-electron chi connectivity index (χ3n) is 3.31. The normalized spacial score (nSPS) is 15.7. The van der Waals surface area contributed by atoms with Crippen molar-refractivity contribution < 1.29 is 9.76 Å². The molecule has 0 radical (unpaired) electrons. The van der Waals surface area contributed by atoms with Crippen molar-refractivity contribution >= 4 is 11.4 Å². The molecule has 6 heteroatoms. The van der Waals surface area contributed by atoms with E-state index in [2.05, 4.69) is 0 Å². The summed E-state index contributed by atoms with van der Waals surface area (Å²) in [6.45, 7) is 4.91. The van der Waals surface area contributed by atoms with Gasteiger partial charge in [0.2, 0.25) is 0 Å². The SMILES string of the molecule is CCN(C)c1ccc(CN2CCCO2)cc1[N+](=O)[O-]. The first kappa shape index (κ1) is 13.8. The summed E-state index contributed by atoms with van der Waals surface area (Å²) < 4.78 is 0. The molecule has 0 atom stereocenters. The highest BCUT2D eigenvalue weighted by atomic mass is 16.7. The van der Waals surface area contributed by atoms with Crippen molar-refractivity contribution in [1.29, 1.82) is 0 Å². The Morgan fingerprint density at radius 3 is 2.89 bits per heavy atom. The average Bonchev–Trinajstić information content (AvgIpc) is 2.90. The van der Waals surface area contributed by atoms with E-state index in [0.29, 0.717) is 12.2 Å². The van der Waals surface area contributed by atoms with Crippen molar-refractivity contribution in [3.63, 3.8) is 0 Å². The third-order valence-corrected chi connectivity index (χ3v) is 3.31. The maximum absolute atomic E-state index is 11.2. The summed E-state index contributed by atoms with van der Waals surface area (Å²) in [6, 6.07) is 5.38. The van der Waals surface area contributed by atoms with Crippen molar-refractivity contribution in [3.05, 3.63) is 33.9 Å². The molecule has 0 N–H and O–H groups in total. The second-order valence-electron chi connectivity index (χ2n) is 4.64. The number of nitro groups is 1. The van der Waals surface area contributed by atoms with Gasteiger partial charge in [-0.05, 0) is 25.0 Å². The summed E-state index contributed by atoms with van der Waals surface area (Å²) in [5, 5.41) is 13.0. The van der Waals surface area contributed by atoms with Crippen LogP contribution >= 0.6 is 0 Å². The molecule has 1 saturated heterocycles. The molecule has 0 aromatic heterocycles. The van der Waals surface area contributed by atoms with Crippen LogP contribution in [0.4, 0.5) is 11.4 Å². The van der Waals surface area contributed by atoms with Gasteiger partial charge in [0.15, 0.2) is 0 Å². The number of hydroxylamine groups is 2. The largest absolute Gasteiger partial charge is 0.369 e. The van der Waals surface area contributed by atoms with Crippen LogP contribution in [0.1, 0.15) is 18.9 Å². The molecule has 0 spiro atoms. The van der Waals surface area contributed by atoms with Gasteiger partial charge in [-0.15, -0.1) is 0 Å². The zero-order valence-corrected chi connectivity index (χ0v) is 11.3. The standard InChI is InChI=1S/C13H19N3O3/c1-3-14(2)12-6-5-11(9-13(12)16(17)18)10-15-7-4-8-19-15/h5-6,9H,3-4,7-8,10H2,1-2H3. The fourth-order valence-corrected chi connectivity index (χ4v) is 2.13. The average molecular weight is 265 g/mol. The third kappa shape index (κ3) is 3.21. The predicted octanol–water partition coefficient (Wildman–Crippen LogP) is 2.19. The highest BCUT2D eigenvalue weighted by Crippen LogP contribution is 2.29. The van der Waals surface area contributed by atoms with Crippen LogP contribution in [0, 0.1) is 10.1 Å². The van der Waals surface area contributed by atoms with E-state index in [1.807, 2.05) is 36.1 Å². The molecule has 1 aliphatic heterocycles. The lowest BCUT2D eigenvalue weighted by molar-refractivity contribution is -0.384. The van der Waals surface area contributed by atoms with Gasteiger partial charge in [-0.2, -0.15) is 5.06 Å². The fourth-order valence-electron chi connectivity index (χ4n) is 2.13. The molecular formula is C13H19N3O3. The zero-order chi connectivity index (χ0) is 13.8. The molecule has 1 aliphatic rings. The predicted molar refractivity (Wildman–Crippen MR) is 73.0 cm³/mol. The molecule has 0 amide bonds. The molecule has 0 aliphatic carbocycles. The van der Waals surface area contributed by atoms with Gasteiger partial charge in [0.05, 0.1) is 11.5 Å². The van der Waals surface area contributed by atoms with Gasteiger partial charge < -0.3 is 4.90 Å². The molecule has 0 bridgehead atoms. The Labute approximate surface area is 112 Å². The van der Waals surface area contributed by atoms with Gasteiger partial charge in [0.25, 0.3) is 5.69 Å². The van der Waals surface area contributed by atoms with Crippen molar-refractivity contribution in [2.24, 2.45) is 0 Å². The van der Waals surface area contributed by atoms with Crippen LogP contribution in [0.5, 0.6) is 0 Å². The quantitative estimate of drug-likeness (QED) is 0.603. The number of hydrogen-bond donors (Lipinski definition) is 0. The minimum Gasteiger partial charge on any atom is -0.369 e. The molecule has 1 aromatic carbocycles. The first-order chi connectivity index (χ1) is 9.11. The summed E-state index contributed by atoms with van der Waals surface area (Å²) in [7, 11) is 1.85. The molecule has 0 unspecified atom stereocenters. The second kappa shape index (κ2) is 5.99. The van der Waals surface area contributed by atoms with E-state index in [0.717, 1.165) is 31.7 Å². The highest BCUT2D eigenvalue weighted by molar-refractivity contribution is 5.63. The van der Waals surface area contributed by atoms with Crippen LogP contribution < -0.4 is 4.90 Å². The number of benzene rings is 1. The Bertz CT molecular complexity index is 458. The van der Waals surface area contributed by atoms with Gasteiger partial charge in [-0.3, -0.25) is 15.0 Å². The molecule has 0 saturated carbocycles. The number of nitrogens with zero attached hydrogens (tertiary/aromatic N) is 3. The van der Waals surface area contributed by atoms with E-state index in [1.165, 1.54) is 0 Å². The molecule has 6 nitrogen and oxygen atoms in total. The van der Waals surface area contributed by atoms with E-state index in [9.17, 15) is 10.1 Å². The van der Waals surface area contributed by atoms with Gasteiger partial charge >= 0.3 is 0 Å². The zero-order valence-electron chi connectivity index (χ0n) is 11.3. The molecule has 1 heterocycles. The summed E-state index contributed by atoms with van der Waals surface area (Å²) in [4.78, 5) is 18.1. The van der Waals surface area contributed by atoms with Crippen LogP contribution in [-0.4, -0.2) is 36.7 Å². The van der Waals surface area contributed by atoms with Crippen LogP contribution in [0.2, 0.25) is 0 Å². The number of hydrogen-bond acceptors (Lipinski definition) is 5. The molecule has 2 rings (SSSR count). The smallest absolute Gasteiger partial charge is 0.292 e. The van der Waals surface area contributed by atoms with Gasteiger partial charge in [0, 0.05) is 32.7 Å². The van der Waals surface area contributed by atoms with Gasteiger partial charge in [-0.1, -0.05) is 6.07 Å². The molecule has 1 aromatic rings. The van der Waals surface area contributed by atoms with E-state index in [-0.39, 0.29) is 10.6 Å². The monoisotopic (exact) mass is 265 g/mol. The number of anilines is 1. The van der Waals surface area contributed by atoms with Gasteiger partial charge in [0.1, 0.15) is 5.69 Å². The summed E-state index contributed by atoms with van der Waals surface area (Å²) in [5.74, 6) is 0. The Morgan fingerprint density at radius 2 is 2.32 bits per heavy atom. The molecular weight excluding hydrogens is 246 g/mol. The lowest BCUT2D eigenvalue weighted by atomic mass is 10.1. The summed E-state index contributed by atoms with van der Waals surface area (Å²) in [5.41, 5.74) is 1.71. The first-order valence-corrected chi connectivity index (χ1v) is 6.48. The van der Waals surface area contributed by atoms with Crippen LogP contribution in [-0.2, 0) is 11.4 Å². The molecule has 1 fully saturated rings. The van der Waals surface area contributed by atoms with Gasteiger partial charge in [-0.25, -0.2) is 0 Å². The van der Waals surface area contributed by atoms with Crippen molar-refractivity contribution in [2.45, 2.75) is 19.9 Å². The lowest BCUT2D eigenvalue weighted by Crippen LogP contribution is -2.19. The summed E-state index contributed by atoms with van der Waals surface area (Å²) >= 11 is 0. The first-order valence-electron chi connectivity index (χ1n) is 6.48. The van der Waals surface area contributed by atoms with Crippen molar-refractivity contribution in [1.82, 2.24) is 5.06 Å². The second-order valence-corrected chi connectivity index (χ2v) is 4.64. The van der Waals surface area contributed by atoms with Crippen LogP contribution in [0.3, 0.4) is 0 Å². The maximum Gasteiger partial charge on any atom is 0.292 e. The highest BCUT2D eigenvalue weighted by Gasteiger charge is 2.19. The van der Waals surface area contributed by atoms with E-state index >= 15 is 0 Å². The minimum absolute atomic E-state index is 0.154. The summed E-state index contributed by atoms with van der Waals surface area (Å²) in [6.07, 6.45) is 1.01. The van der Waals surface area contributed by atoms with Crippen molar-refractivity contribution in [3.8, 4) is 0 Å². The number of rotatable bonds is 5. The molecule has 104 valence electrons. The molecule has 19 heavy (non-hydrogen) atoms. The van der Waals surface area contributed by atoms with Crippen LogP contribution in [0.25, 0.3) is 0 Å². The van der Waals surface area contributed by atoms with E-state index in [4.69, 9.17) is 4.84 Å². The van der Waals surface area contributed by atoms with Crippen molar-refractivity contribution in [2.75, 3.05) is 31.6 Å². The Hall–Kier alpha value is -1.66. The van der Waals surface area contributed by atoms with E-state index < -0.39 is 0 Å². The van der Waals surface area contributed by atoms with E-state index in [1.54, 1.807) is 6.07 Å². The van der Waals surface area contributed by atoms with Crippen LogP contribution in [0.15, 0.2) is 18.2 Å². The lowest BCUT2D eigenvalue weighted by Gasteiger charge is -2.18. The Kier molecular flexibility index (Phi) is 4.34. The maximum atomic E-state index is 11.2. The topological polar surface area (TPSA) is 58.8 Å².